The highest BCUT2D eigenvalue weighted by Gasteiger charge is 2.37. The van der Waals surface area contributed by atoms with E-state index in [4.69, 9.17) is 10.5 Å². The van der Waals surface area contributed by atoms with Crippen LogP contribution < -0.4 is 10.5 Å². The normalized spacial score (nSPS) is 27.6. The molecule has 2 heterocycles. The molecule has 2 aliphatic heterocycles. The van der Waals surface area contributed by atoms with Crippen LogP contribution in [0, 0.1) is 0 Å². The summed E-state index contributed by atoms with van der Waals surface area (Å²) in [6, 6.07) is 4.25. The maximum absolute atomic E-state index is 10.2. The number of phenols is 1. The van der Waals surface area contributed by atoms with Crippen LogP contribution in [0.1, 0.15) is 30.0 Å². The molecule has 0 spiro atoms. The third-order valence-electron chi connectivity index (χ3n) is 4.05. The first-order valence-electron chi connectivity index (χ1n) is 6.10. The van der Waals surface area contributed by atoms with Gasteiger partial charge in [0.05, 0.1) is 7.11 Å². The zero-order valence-electron chi connectivity index (χ0n) is 10.0. The van der Waals surface area contributed by atoms with Gasteiger partial charge in [0.25, 0.3) is 0 Å². The summed E-state index contributed by atoms with van der Waals surface area (Å²) in [6.07, 6.45) is 2.36. The van der Waals surface area contributed by atoms with Gasteiger partial charge in [0.2, 0.25) is 0 Å². The van der Waals surface area contributed by atoms with Crippen LogP contribution in [0.4, 0.5) is 0 Å². The van der Waals surface area contributed by atoms with E-state index in [1.165, 1.54) is 6.42 Å². The van der Waals surface area contributed by atoms with Crippen molar-refractivity contribution in [2.24, 2.45) is 5.73 Å². The molecule has 0 aliphatic carbocycles. The summed E-state index contributed by atoms with van der Waals surface area (Å²) in [5, 5.41) is 10.2. The number of ether oxygens (including phenoxy) is 1. The predicted molar refractivity (Wildman–Crippen MR) is 65.0 cm³/mol. The van der Waals surface area contributed by atoms with Crippen LogP contribution in [0.2, 0.25) is 0 Å². The third kappa shape index (κ3) is 1.51. The Morgan fingerprint density at radius 2 is 2.29 bits per heavy atom. The Bertz CT molecular complexity index is 447. The van der Waals surface area contributed by atoms with Crippen LogP contribution in [0.3, 0.4) is 0 Å². The SMILES string of the molecule is COc1ccc2c(c1O)CN1CCC[C@H]1C2N. The van der Waals surface area contributed by atoms with Crippen molar-refractivity contribution in [3.63, 3.8) is 0 Å². The van der Waals surface area contributed by atoms with Crippen molar-refractivity contribution >= 4 is 0 Å². The van der Waals surface area contributed by atoms with Crippen LogP contribution in [0.5, 0.6) is 11.5 Å². The molecule has 3 rings (SSSR count). The first-order valence-corrected chi connectivity index (χ1v) is 6.10. The second-order valence-electron chi connectivity index (χ2n) is 4.89. The second-order valence-corrected chi connectivity index (χ2v) is 4.89. The van der Waals surface area contributed by atoms with Crippen LogP contribution in [-0.2, 0) is 6.54 Å². The van der Waals surface area contributed by atoms with E-state index < -0.39 is 0 Å². The molecule has 0 saturated carbocycles. The van der Waals surface area contributed by atoms with Crippen molar-refractivity contribution in [2.45, 2.75) is 31.5 Å². The summed E-state index contributed by atoms with van der Waals surface area (Å²) >= 11 is 0. The first kappa shape index (κ1) is 10.9. The number of hydrogen-bond acceptors (Lipinski definition) is 4. The molecule has 4 heteroatoms. The van der Waals surface area contributed by atoms with Crippen molar-refractivity contribution in [1.29, 1.82) is 0 Å². The summed E-state index contributed by atoms with van der Waals surface area (Å²) in [5.41, 5.74) is 8.31. The number of methoxy groups -OCH3 is 1. The summed E-state index contributed by atoms with van der Waals surface area (Å²) in [6.45, 7) is 1.87. The Hall–Kier alpha value is -1.26. The summed E-state index contributed by atoms with van der Waals surface area (Å²) in [5.74, 6) is 0.791. The number of benzene rings is 1. The molecule has 2 atom stereocenters. The fourth-order valence-corrected chi connectivity index (χ4v) is 3.14. The van der Waals surface area contributed by atoms with E-state index in [-0.39, 0.29) is 11.8 Å². The van der Waals surface area contributed by atoms with Crippen molar-refractivity contribution in [2.75, 3.05) is 13.7 Å². The lowest BCUT2D eigenvalue weighted by atomic mass is 9.89. The topological polar surface area (TPSA) is 58.7 Å². The number of nitrogens with zero attached hydrogens (tertiary/aromatic N) is 1. The fourth-order valence-electron chi connectivity index (χ4n) is 3.14. The Kier molecular flexibility index (Phi) is 2.49. The van der Waals surface area contributed by atoms with Gasteiger partial charge in [-0.25, -0.2) is 0 Å². The Balaban J connectivity index is 2.07. The number of nitrogens with two attached hydrogens (primary N) is 1. The molecular formula is C13H18N2O2. The smallest absolute Gasteiger partial charge is 0.162 e. The van der Waals surface area contributed by atoms with Crippen molar-refractivity contribution in [3.05, 3.63) is 23.3 Å². The molecule has 1 aromatic rings. The van der Waals surface area contributed by atoms with E-state index in [1.807, 2.05) is 6.07 Å². The maximum atomic E-state index is 10.2. The molecule has 1 aromatic carbocycles. The van der Waals surface area contributed by atoms with Crippen molar-refractivity contribution in [3.8, 4) is 11.5 Å². The van der Waals surface area contributed by atoms with Gasteiger partial charge in [0.15, 0.2) is 11.5 Å². The lowest BCUT2D eigenvalue weighted by Crippen LogP contribution is -2.42. The lowest BCUT2D eigenvalue weighted by Gasteiger charge is -2.36. The minimum atomic E-state index is 0.0121. The zero-order chi connectivity index (χ0) is 12.0. The van der Waals surface area contributed by atoms with Gasteiger partial charge >= 0.3 is 0 Å². The van der Waals surface area contributed by atoms with E-state index in [0.717, 1.165) is 30.6 Å². The molecule has 1 saturated heterocycles. The molecule has 0 radical (unpaired) electrons. The van der Waals surface area contributed by atoms with Gasteiger partial charge in [-0.05, 0) is 31.0 Å². The minimum absolute atomic E-state index is 0.0121. The summed E-state index contributed by atoms with van der Waals surface area (Å²) in [4.78, 5) is 2.37. The van der Waals surface area contributed by atoms with E-state index in [1.54, 1.807) is 13.2 Å². The number of fused-ring (bicyclic) bond motifs is 2. The van der Waals surface area contributed by atoms with Crippen LogP contribution in [-0.4, -0.2) is 29.7 Å². The molecule has 2 aliphatic rings. The van der Waals surface area contributed by atoms with Gasteiger partial charge in [-0.1, -0.05) is 6.07 Å². The van der Waals surface area contributed by atoms with Gasteiger partial charge in [-0.2, -0.15) is 0 Å². The minimum Gasteiger partial charge on any atom is -0.504 e. The van der Waals surface area contributed by atoms with Gasteiger partial charge in [-0.3, -0.25) is 4.90 Å². The molecule has 0 aromatic heterocycles. The van der Waals surface area contributed by atoms with E-state index in [2.05, 4.69) is 4.90 Å². The van der Waals surface area contributed by atoms with Gasteiger partial charge in [0.1, 0.15) is 0 Å². The summed E-state index contributed by atoms with van der Waals surface area (Å²) in [7, 11) is 1.57. The zero-order valence-corrected chi connectivity index (χ0v) is 10.0. The number of phenolic OH excluding ortho intramolecular Hbond substituents is 1. The van der Waals surface area contributed by atoms with E-state index >= 15 is 0 Å². The number of hydrogen-bond donors (Lipinski definition) is 2. The Morgan fingerprint density at radius 3 is 3.06 bits per heavy atom. The molecule has 3 N–H and O–H groups in total. The fraction of sp³-hybridized carbons (Fsp3) is 0.538. The lowest BCUT2D eigenvalue weighted by molar-refractivity contribution is 0.193. The highest BCUT2D eigenvalue weighted by molar-refractivity contribution is 5.52. The van der Waals surface area contributed by atoms with Gasteiger partial charge in [-0.15, -0.1) is 0 Å². The maximum Gasteiger partial charge on any atom is 0.162 e. The van der Waals surface area contributed by atoms with Crippen LogP contribution in [0.25, 0.3) is 0 Å². The standard InChI is InChI=1S/C13H18N2O2/c1-17-11-5-4-8-9(13(11)16)7-15-6-2-3-10(15)12(8)14/h4-5,10,12,16H,2-3,6-7,14H2,1H3/t10-,12?/m0/s1. The van der Waals surface area contributed by atoms with Gasteiger partial charge < -0.3 is 15.6 Å². The highest BCUT2D eigenvalue weighted by Crippen LogP contribution is 2.42. The van der Waals surface area contributed by atoms with Gasteiger partial charge in [0, 0.05) is 24.2 Å². The quantitative estimate of drug-likeness (QED) is 0.770. The second kappa shape index (κ2) is 3.89. The first-order chi connectivity index (χ1) is 8.22. The van der Waals surface area contributed by atoms with Crippen molar-refractivity contribution < 1.29 is 9.84 Å². The van der Waals surface area contributed by atoms with Crippen LogP contribution >= 0.6 is 0 Å². The molecule has 1 unspecified atom stereocenters. The molecule has 0 amide bonds. The summed E-state index contributed by atoms with van der Waals surface area (Å²) < 4.78 is 5.15. The largest absolute Gasteiger partial charge is 0.504 e. The average Bonchev–Trinajstić information content (AvgIpc) is 2.79. The van der Waals surface area contributed by atoms with E-state index in [0.29, 0.717) is 11.8 Å². The molecule has 1 fully saturated rings. The molecule has 4 nitrogen and oxygen atoms in total. The number of rotatable bonds is 1. The van der Waals surface area contributed by atoms with E-state index in [9.17, 15) is 5.11 Å². The molecule has 17 heavy (non-hydrogen) atoms. The average molecular weight is 234 g/mol. The Labute approximate surface area is 101 Å². The van der Waals surface area contributed by atoms with Crippen LogP contribution in [0.15, 0.2) is 12.1 Å². The number of aromatic hydroxyl groups is 1. The van der Waals surface area contributed by atoms with Crippen molar-refractivity contribution in [1.82, 2.24) is 4.90 Å². The third-order valence-corrected chi connectivity index (χ3v) is 4.05. The molecular weight excluding hydrogens is 216 g/mol. The molecule has 0 bridgehead atoms. The molecule has 92 valence electrons. The monoisotopic (exact) mass is 234 g/mol. The Morgan fingerprint density at radius 1 is 1.47 bits per heavy atom. The highest BCUT2D eigenvalue weighted by atomic mass is 16.5. The predicted octanol–water partition coefficient (Wildman–Crippen LogP) is 1.38.